The number of fused-ring (bicyclic) bond motifs is 1. The molecule has 1 aromatic heterocycles. The second kappa shape index (κ2) is 8.73. The number of hydrogen-bond acceptors (Lipinski definition) is 5. The monoisotopic (exact) mass is 391 g/mol. The molecule has 2 aromatic rings. The topological polar surface area (TPSA) is 85.9 Å². The van der Waals surface area contributed by atoms with Gasteiger partial charge in [0, 0.05) is 4.88 Å². The fourth-order valence-corrected chi connectivity index (χ4v) is 4.63. The second-order valence-corrected chi connectivity index (χ2v) is 7.90. The summed E-state index contributed by atoms with van der Waals surface area (Å²) in [6, 6.07) is 11.4. The molecule has 142 valence electrons. The summed E-state index contributed by atoms with van der Waals surface area (Å²) in [5, 5.41) is 22.3. The third-order valence-corrected chi connectivity index (χ3v) is 5.89. The Morgan fingerprint density at radius 1 is 1.36 bits per heavy atom. The van der Waals surface area contributed by atoms with Gasteiger partial charge in [-0.3, -0.25) is 4.79 Å². The molecular weight excluding hydrogens is 370 g/mol. The first-order chi connectivity index (χ1) is 13.5. The van der Waals surface area contributed by atoms with Crippen LogP contribution in [0, 0.1) is 28.6 Å². The highest BCUT2D eigenvalue weighted by molar-refractivity contribution is 7.16. The lowest BCUT2D eigenvalue weighted by molar-refractivity contribution is -0.112. The van der Waals surface area contributed by atoms with Crippen LogP contribution in [0.5, 0.6) is 5.75 Å². The van der Waals surface area contributed by atoms with E-state index in [1.54, 1.807) is 24.3 Å². The Bertz CT molecular complexity index is 991. The minimum absolute atomic E-state index is 0.00668. The smallest absolute Gasteiger partial charge is 0.266 e. The Morgan fingerprint density at radius 3 is 2.75 bits per heavy atom. The zero-order valence-electron chi connectivity index (χ0n) is 15.9. The van der Waals surface area contributed by atoms with Crippen molar-refractivity contribution in [1.29, 1.82) is 10.5 Å². The van der Waals surface area contributed by atoms with Crippen LogP contribution in [0.3, 0.4) is 0 Å². The van der Waals surface area contributed by atoms with E-state index in [2.05, 4.69) is 18.3 Å². The van der Waals surface area contributed by atoms with Crippen molar-refractivity contribution in [3.63, 3.8) is 0 Å². The van der Waals surface area contributed by atoms with Gasteiger partial charge in [0.05, 0.1) is 12.2 Å². The van der Waals surface area contributed by atoms with Gasteiger partial charge in [0.25, 0.3) is 5.91 Å². The summed E-state index contributed by atoms with van der Waals surface area (Å²) in [6.45, 7) is 4.68. The van der Waals surface area contributed by atoms with Gasteiger partial charge in [-0.05, 0) is 61.4 Å². The van der Waals surface area contributed by atoms with E-state index < -0.39 is 5.91 Å². The summed E-state index contributed by atoms with van der Waals surface area (Å²) < 4.78 is 5.40. The van der Waals surface area contributed by atoms with Gasteiger partial charge in [-0.25, -0.2) is 0 Å². The van der Waals surface area contributed by atoms with E-state index in [9.17, 15) is 15.3 Å². The van der Waals surface area contributed by atoms with Gasteiger partial charge in [-0.2, -0.15) is 10.5 Å². The third-order valence-electron chi connectivity index (χ3n) is 4.72. The SMILES string of the molecule is CCOc1ccc(/C=C(\C#N)C(=O)Nc2sc3c(c2C#N)CCC(C)C3)cc1. The number of carbonyl (C=O) groups excluding carboxylic acids is 1. The third kappa shape index (κ3) is 4.24. The molecule has 28 heavy (non-hydrogen) atoms. The lowest BCUT2D eigenvalue weighted by Crippen LogP contribution is -2.13. The van der Waals surface area contributed by atoms with E-state index in [1.807, 2.05) is 13.0 Å². The number of hydrogen-bond donors (Lipinski definition) is 1. The molecule has 0 bridgehead atoms. The molecule has 3 rings (SSSR count). The number of thiophene rings is 1. The maximum absolute atomic E-state index is 12.6. The van der Waals surface area contributed by atoms with Crippen molar-refractivity contribution in [2.24, 2.45) is 5.92 Å². The minimum atomic E-state index is -0.500. The van der Waals surface area contributed by atoms with Gasteiger partial charge >= 0.3 is 0 Å². The molecule has 1 heterocycles. The first-order valence-electron chi connectivity index (χ1n) is 9.26. The highest BCUT2D eigenvalue weighted by atomic mass is 32.1. The standard InChI is InChI=1S/C22H21N3O2S/c1-3-27-17-7-5-15(6-8-17)11-16(12-23)21(26)25-22-19(13-24)18-9-4-14(2)10-20(18)28-22/h5-8,11,14H,3-4,9-10H2,1-2H3,(H,25,26)/b16-11+. The van der Waals surface area contributed by atoms with E-state index in [0.29, 0.717) is 23.1 Å². The minimum Gasteiger partial charge on any atom is -0.494 e. The van der Waals surface area contributed by atoms with Crippen LogP contribution in [0.1, 0.15) is 41.8 Å². The summed E-state index contributed by atoms with van der Waals surface area (Å²) in [5.74, 6) is 0.815. The molecule has 0 radical (unpaired) electrons. The van der Waals surface area contributed by atoms with E-state index in [1.165, 1.54) is 22.3 Å². The van der Waals surface area contributed by atoms with Gasteiger partial charge in [-0.15, -0.1) is 11.3 Å². The number of carbonyl (C=O) groups is 1. The lowest BCUT2D eigenvalue weighted by atomic mass is 9.88. The first-order valence-corrected chi connectivity index (χ1v) is 10.1. The van der Waals surface area contributed by atoms with Gasteiger partial charge in [-0.1, -0.05) is 19.1 Å². The number of nitrogens with one attached hydrogen (secondary N) is 1. The van der Waals surface area contributed by atoms with Crippen LogP contribution in [-0.2, 0) is 17.6 Å². The number of nitriles is 2. The molecule has 0 fully saturated rings. The highest BCUT2D eigenvalue weighted by Gasteiger charge is 2.25. The number of rotatable bonds is 5. The Morgan fingerprint density at radius 2 is 2.11 bits per heavy atom. The molecule has 0 saturated heterocycles. The fraction of sp³-hybridized carbons (Fsp3) is 0.318. The van der Waals surface area contributed by atoms with Crippen LogP contribution < -0.4 is 10.1 Å². The van der Waals surface area contributed by atoms with E-state index >= 15 is 0 Å². The van der Waals surface area contributed by atoms with Crippen molar-refractivity contribution in [3.05, 3.63) is 51.4 Å². The molecule has 1 atom stereocenters. The maximum Gasteiger partial charge on any atom is 0.266 e. The number of amides is 1. The van der Waals surface area contributed by atoms with Gasteiger partial charge in [0.2, 0.25) is 0 Å². The Hall–Kier alpha value is -3.09. The average molecular weight is 391 g/mol. The van der Waals surface area contributed by atoms with Gasteiger partial charge in [0.15, 0.2) is 0 Å². The largest absolute Gasteiger partial charge is 0.494 e. The molecule has 1 N–H and O–H groups in total. The Balaban J connectivity index is 1.81. The van der Waals surface area contributed by atoms with Crippen molar-refractivity contribution in [1.82, 2.24) is 0 Å². The maximum atomic E-state index is 12.6. The van der Waals surface area contributed by atoms with Crippen LogP contribution >= 0.6 is 11.3 Å². The first kappa shape index (κ1) is 19.7. The number of anilines is 1. The molecular formula is C22H21N3O2S. The van der Waals surface area contributed by atoms with Crippen molar-refractivity contribution >= 4 is 28.3 Å². The summed E-state index contributed by atoms with van der Waals surface area (Å²) in [7, 11) is 0. The molecule has 1 aliphatic rings. The summed E-state index contributed by atoms with van der Waals surface area (Å²) in [6.07, 6.45) is 4.37. The predicted octanol–water partition coefficient (Wildman–Crippen LogP) is 4.69. The molecule has 6 heteroatoms. The second-order valence-electron chi connectivity index (χ2n) is 6.79. The number of nitrogens with zero attached hydrogens (tertiary/aromatic N) is 2. The molecule has 1 amide bonds. The molecule has 5 nitrogen and oxygen atoms in total. The van der Waals surface area contributed by atoms with E-state index in [4.69, 9.17) is 4.74 Å². The summed E-state index contributed by atoms with van der Waals surface area (Å²) in [5.41, 5.74) is 2.32. The predicted molar refractivity (Wildman–Crippen MR) is 110 cm³/mol. The number of ether oxygens (including phenoxy) is 1. The van der Waals surface area contributed by atoms with Crippen molar-refractivity contribution in [3.8, 4) is 17.9 Å². The number of benzene rings is 1. The van der Waals surface area contributed by atoms with Crippen molar-refractivity contribution in [2.45, 2.75) is 33.1 Å². The van der Waals surface area contributed by atoms with Crippen LogP contribution in [0.2, 0.25) is 0 Å². The lowest BCUT2D eigenvalue weighted by Gasteiger charge is -2.17. The van der Waals surface area contributed by atoms with Crippen LogP contribution in [0.15, 0.2) is 29.8 Å². The highest BCUT2D eigenvalue weighted by Crippen LogP contribution is 2.39. The van der Waals surface area contributed by atoms with E-state index in [-0.39, 0.29) is 5.57 Å². The average Bonchev–Trinajstić information content (AvgIpc) is 3.03. The van der Waals surface area contributed by atoms with Gasteiger partial charge in [0.1, 0.15) is 28.5 Å². The van der Waals surface area contributed by atoms with Crippen LogP contribution in [-0.4, -0.2) is 12.5 Å². The van der Waals surface area contributed by atoms with Gasteiger partial charge < -0.3 is 10.1 Å². The molecule has 1 aliphatic carbocycles. The normalized spacial score (nSPS) is 15.9. The van der Waals surface area contributed by atoms with E-state index in [0.717, 1.165) is 36.1 Å². The van der Waals surface area contributed by atoms with Crippen LogP contribution in [0.4, 0.5) is 5.00 Å². The molecule has 1 unspecified atom stereocenters. The van der Waals surface area contributed by atoms with Crippen molar-refractivity contribution < 1.29 is 9.53 Å². The molecule has 0 spiro atoms. The van der Waals surface area contributed by atoms with Crippen molar-refractivity contribution in [2.75, 3.05) is 11.9 Å². The molecule has 1 aromatic carbocycles. The van der Waals surface area contributed by atoms with Crippen LogP contribution in [0.25, 0.3) is 6.08 Å². The quantitative estimate of drug-likeness (QED) is 0.592. The zero-order chi connectivity index (χ0) is 20.1. The summed E-state index contributed by atoms with van der Waals surface area (Å²) >= 11 is 1.45. The summed E-state index contributed by atoms with van der Waals surface area (Å²) in [4.78, 5) is 13.8. The zero-order valence-corrected chi connectivity index (χ0v) is 16.7. The molecule has 0 aliphatic heterocycles. The fourth-order valence-electron chi connectivity index (χ4n) is 3.27. The Labute approximate surface area is 168 Å². The Kier molecular flexibility index (Phi) is 6.13. The molecule has 0 saturated carbocycles.